The molecule has 0 radical (unpaired) electrons. The summed E-state index contributed by atoms with van der Waals surface area (Å²) >= 11 is 0. The molecular weight excluding hydrogens is 330 g/mol. The molecule has 0 saturated carbocycles. The highest BCUT2D eigenvalue weighted by Crippen LogP contribution is 2.22. The number of nitrogens with one attached hydrogen (secondary N) is 2. The van der Waals surface area contributed by atoms with E-state index >= 15 is 0 Å². The first-order chi connectivity index (χ1) is 12.6. The molecule has 1 aliphatic heterocycles. The minimum atomic E-state index is -0.229. The van der Waals surface area contributed by atoms with Crippen molar-refractivity contribution < 1.29 is 9.53 Å². The van der Waals surface area contributed by atoms with Crippen LogP contribution >= 0.6 is 0 Å². The lowest BCUT2D eigenvalue weighted by Gasteiger charge is -2.31. The monoisotopic (exact) mass is 353 g/mol. The highest BCUT2D eigenvalue weighted by atomic mass is 16.5. The summed E-state index contributed by atoms with van der Waals surface area (Å²) in [6.45, 7) is 2.36. The molecule has 3 heterocycles. The van der Waals surface area contributed by atoms with E-state index in [1.165, 1.54) is 0 Å². The average Bonchev–Trinajstić information content (AvgIpc) is 3.27. The number of aromatic amines is 2. The Hall–Kier alpha value is -2.64. The molecule has 4 rings (SSSR count). The predicted octanol–water partition coefficient (Wildman–Crippen LogP) is 2.17. The molecule has 7 heteroatoms. The van der Waals surface area contributed by atoms with Crippen LogP contribution < -0.4 is 0 Å². The van der Waals surface area contributed by atoms with Crippen molar-refractivity contribution in [2.45, 2.75) is 12.6 Å². The van der Waals surface area contributed by atoms with Gasteiger partial charge in [0, 0.05) is 35.9 Å². The second kappa shape index (κ2) is 6.93. The zero-order valence-electron chi connectivity index (χ0n) is 15.0. The number of carbonyl (C=O) groups is 1. The van der Waals surface area contributed by atoms with Crippen LogP contribution in [0.4, 0.5) is 0 Å². The van der Waals surface area contributed by atoms with Gasteiger partial charge in [-0.3, -0.25) is 4.79 Å². The zero-order chi connectivity index (χ0) is 18.1. The maximum absolute atomic E-state index is 12.9. The maximum atomic E-state index is 12.9. The second-order valence-electron chi connectivity index (χ2n) is 6.91. The number of amides is 1. The molecule has 2 aromatic heterocycles. The number of rotatable bonds is 4. The summed E-state index contributed by atoms with van der Waals surface area (Å²) in [6.07, 6.45) is 1.60. The number of benzene rings is 1. The number of para-hydroxylation sites is 1. The first-order valence-electron chi connectivity index (χ1n) is 8.77. The van der Waals surface area contributed by atoms with Crippen molar-refractivity contribution in [2.75, 3.05) is 33.8 Å². The van der Waals surface area contributed by atoms with Gasteiger partial charge in [-0.25, -0.2) is 4.98 Å². The minimum Gasteiger partial charge on any atom is -0.367 e. The number of carbonyl (C=O) groups excluding carboxylic acids is 1. The molecule has 1 saturated heterocycles. The first-order valence-corrected chi connectivity index (χ1v) is 8.77. The van der Waals surface area contributed by atoms with Crippen LogP contribution in [0.1, 0.15) is 28.1 Å². The number of nitrogens with zero attached hydrogens (tertiary/aromatic N) is 3. The Morgan fingerprint density at radius 3 is 3.00 bits per heavy atom. The number of ether oxygens (including phenoxy) is 1. The lowest BCUT2D eigenvalue weighted by molar-refractivity contribution is -0.0266. The van der Waals surface area contributed by atoms with E-state index in [2.05, 4.69) is 19.9 Å². The molecule has 136 valence electrons. The van der Waals surface area contributed by atoms with Gasteiger partial charge in [-0.1, -0.05) is 18.2 Å². The molecule has 0 spiro atoms. The van der Waals surface area contributed by atoms with Crippen LogP contribution in [-0.2, 0) is 11.3 Å². The smallest absolute Gasteiger partial charge is 0.270 e. The highest BCUT2D eigenvalue weighted by molar-refractivity contribution is 5.98. The van der Waals surface area contributed by atoms with Gasteiger partial charge < -0.3 is 24.5 Å². The molecule has 1 fully saturated rings. The number of imidazole rings is 1. The largest absolute Gasteiger partial charge is 0.367 e. The molecule has 3 aromatic rings. The van der Waals surface area contributed by atoms with Crippen molar-refractivity contribution in [3.05, 3.63) is 53.7 Å². The third-order valence-electron chi connectivity index (χ3n) is 4.55. The van der Waals surface area contributed by atoms with Crippen molar-refractivity contribution in [3.8, 4) is 0 Å². The molecule has 1 aromatic carbocycles. The normalized spacial score (nSPS) is 18.0. The second-order valence-corrected chi connectivity index (χ2v) is 6.91. The third kappa shape index (κ3) is 3.36. The van der Waals surface area contributed by atoms with Crippen LogP contribution in [0.3, 0.4) is 0 Å². The van der Waals surface area contributed by atoms with E-state index in [1.54, 1.807) is 0 Å². The predicted molar refractivity (Wildman–Crippen MR) is 98.9 cm³/mol. The van der Waals surface area contributed by atoms with Gasteiger partial charge in [0.25, 0.3) is 5.91 Å². The number of morpholine rings is 1. The molecule has 0 unspecified atom stereocenters. The number of hydrogen-bond acceptors (Lipinski definition) is 4. The molecule has 0 aliphatic carbocycles. The van der Waals surface area contributed by atoms with Crippen LogP contribution in [0.5, 0.6) is 0 Å². The van der Waals surface area contributed by atoms with E-state index in [4.69, 9.17) is 4.74 Å². The van der Waals surface area contributed by atoms with Crippen LogP contribution in [0, 0.1) is 0 Å². The molecular formula is C19H23N5O2. The lowest BCUT2D eigenvalue weighted by Crippen LogP contribution is -2.42. The van der Waals surface area contributed by atoms with Crippen molar-refractivity contribution in [1.82, 2.24) is 24.8 Å². The standard InChI is InChI=1S/C19H23N5O2/c1-23(2)11-14-10-20-18(21-14)17-12-24(7-8-26-17)19(25)16-9-13-5-3-4-6-15(13)22-16/h3-6,9-10,17,22H,7-8,11-12H2,1-2H3,(H,20,21)/t17-/m1/s1. The van der Waals surface area contributed by atoms with E-state index < -0.39 is 0 Å². The van der Waals surface area contributed by atoms with Gasteiger partial charge in [0.15, 0.2) is 0 Å². The van der Waals surface area contributed by atoms with E-state index in [1.807, 2.05) is 55.5 Å². The third-order valence-corrected chi connectivity index (χ3v) is 4.55. The number of hydrogen-bond donors (Lipinski definition) is 2. The molecule has 1 atom stereocenters. The summed E-state index contributed by atoms with van der Waals surface area (Å²) in [5, 5.41) is 1.04. The van der Waals surface area contributed by atoms with Crippen molar-refractivity contribution in [1.29, 1.82) is 0 Å². The first kappa shape index (κ1) is 16.8. The van der Waals surface area contributed by atoms with E-state index in [9.17, 15) is 4.79 Å². The lowest BCUT2D eigenvalue weighted by atomic mass is 10.2. The van der Waals surface area contributed by atoms with Gasteiger partial charge in [0.2, 0.25) is 0 Å². The molecule has 26 heavy (non-hydrogen) atoms. The van der Waals surface area contributed by atoms with E-state index in [0.717, 1.165) is 29.0 Å². The Labute approximate surface area is 152 Å². The van der Waals surface area contributed by atoms with Crippen molar-refractivity contribution >= 4 is 16.8 Å². The molecule has 7 nitrogen and oxygen atoms in total. The fourth-order valence-electron chi connectivity index (χ4n) is 3.32. The Kier molecular flexibility index (Phi) is 4.48. The van der Waals surface area contributed by atoms with Gasteiger partial charge in [-0.2, -0.15) is 0 Å². The summed E-state index contributed by atoms with van der Waals surface area (Å²) < 4.78 is 5.85. The summed E-state index contributed by atoms with van der Waals surface area (Å²) in [7, 11) is 4.02. The summed E-state index contributed by atoms with van der Waals surface area (Å²) in [5.41, 5.74) is 2.62. The Balaban J connectivity index is 1.49. The Bertz CT molecular complexity index is 880. The Morgan fingerprint density at radius 1 is 1.35 bits per heavy atom. The fraction of sp³-hybridized carbons (Fsp3) is 0.368. The van der Waals surface area contributed by atoms with Gasteiger partial charge in [-0.15, -0.1) is 0 Å². The minimum absolute atomic E-state index is 0.00503. The van der Waals surface area contributed by atoms with Gasteiger partial charge >= 0.3 is 0 Å². The van der Waals surface area contributed by atoms with Crippen LogP contribution in [-0.4, -0.2) is 64.5 Å². The van der Waals surface area contributed by atoms with Crippen LogP contribution in [0.25, 0.3) is 10.9 Å². The summed E-state index contributed by atoms with van der Waals surface area (Å²) in [5.74, 6) is 0.769. The van der Waals surface area contributed by atoms with Gasteiger partial charge in [0.1, 0.15) is 17.6 Å². The molecule has 0 bridgehead atoms. The van der Waals surface area contributed by atoms with Gasteiger partial charge in [-0.05, 0) is 26.2 Å². The number of H-pyrrole nitrogens is 2. The molecule has 1 amide bonds. The quantitative estimate of drug-likeness (QED) is 0.754. The highest BCUT2D eigenvalue weighted by Gasteiger charge is 2.28. The van der Waals surface area contributed by atoms with Crippen LogP contribution in [0.15, 0.2) is 36.5 Å². The zero-order valence-corrected chi connectivity index (χ0v) is 15.0. The Morgan fingerprint density at radius 2 is 2.19 bits per heavy atom. The summed E-state index contributed by atoms with van der Waals surface area (Å²) in [6, 6.07) is 9.81. The number of fused-ring (bicyclic) bond motifs is 1. The van der Waals surface area contributed by atoms with Gasteiger partial charge in [0.05, 0.1) is 13.2 Å². The fourth-order valence-corrected chi connectivity index (χ4v) is 3.32. The summed E-state index contributed by atoms with van der Waals surface area (Å²) in [4.78, 5) is 27.8. The van der Waals surface area contributed by atoms with Crippen molar-refractivity contribution in [2.24, 2.45) is 0 Å². The molecule has 1 aliphatic rings. The SMILES string of the molecule is CN(C)Cc1cnc([C@H]2CN(C(=O)c3cc4ccccc4[nH]3)CCO2)[nH]1. The van der Waals surface area contributed by atoms with Crippen molar-refractivity contribution in [3.63, 3.8) is 0 Å². The van der Waals surface area contributed by atoms with Crippen LogP contribution in [0.2, 0.25) is 0 Å². The molecule has 2 N–H and O–H groups in total. The van der Waals surface area contributed by atoms with E-state index in [-0.39, 0.29) is 12.0 Å². The topological polar surface area (TPSA) is 77.2 Å². The average molecular weight is 353 g/mol. The maximum Gasteiger partial charge on any atom is 0.270 e. The number of aromatic nitrogens is 3. The van der Waals surface area contributed by atoms with E-state index in [0.29, 0.717) is 25.4 Å².